The number of hydrogen-bond donors (Lipinski definition) is 2. The van der Waals surface area contributed by atoms with E-state index >= 15 is 0 Å². The topological polar surface area (TPSA) is 89.6 Å². The fourth-order valence-electron chi connectivity index (χ4n) is 2.85. The molecule has 0 spiro atoms. The van der Waals surface area contributed by atoms with Crippen LogP contribution in [0.4, 0.5) is 13.2 Å². The standard InChI is InChI=1S/C22H20F3N3O4/c1-31-19-12-14(6-10-18(19)32-13-22(23,24)25)7-11-20(29)27-28-21(30)17-9-8-15-4-2-3-5-16(15)26-17/h2-6,8-10,12H,7,11,13H2,1H3,(H,27,29)(H,28,30). The first-order valence-electron chi connectivity index (χ1n) is 9.56. The number of fused-ring (bicyclic) bond motifs is 1. The smallest absolute Gasteiger partial charge is 0.422 e. The first kappa shape index (κ1) is 22.9. The summed E-state index contributed by atoms with van der Waals surface area (Å²) >= 11 is 0. The number of benzene rings is 2. The highest BCUT2D eigenvalue weighted by Crippen LogP contribution is 2.30. The van der Waals surface area contributed by atoms with Gasteiger partial charge in [0.1, 0.15) is 5.69 Å². The molecule has 3 aromatic rings. The van der Waals surface area contributed by atoms with Gasteiger partial charge in [-0.1, -0.05) is 30.3 Å². The van der Waals surface area contributed by atoms with E-state index < -0.39 is 24.6 Å². The van der Waals surface area contributed by atoms with Crippen molar-refractivity contribution in [2.75, 3.05) is 13.7 Å². The molecular formula is C22H20F3N3O4. The number of methoxy groups -OCH3 is 1. The zero-order valence-electron chi connectivity index (χ0n) is 17.0. The van der Waals surface area contributed by atoms with Crippen molar-refractivity contribution in [2.24, 2.45) is 0 Å². The molecule has 0 saturated heterocycles. The SMILES string of the molecule is COc1cc(CCC(=O)NNC(=O)c2ccc3ccccc3n2)ccc1OCC(F)(F)F. The van der Waals surface area contributed by atoms with Crippen molar-refractivity contribution in [1.29, 1.82) is 0 Å². The summed E-state index contributed by atoms with van der Waals surface area (Å²) in [6.07, 6.45) is -4.17. The minimum absolute atomic E-state index is 0.0251. The average molecular weight is 447 g/mol. The Morgan fingerprint density at radius 3 is 2.53 bits per heavy atom. The fourth-order valence-corrected chi connectivity index (χ4v) is 2.85. The van der Waals surface area contributed by atoms with Crippen LogP contribution in [0.25, 0.3) is 10.9 Å². The van der Waals surface area contributed by atoms with Crippen molar-refractivity contribution in [3.8, 4) is 11.5 Å². The summed E-state index contributed by atoms with van der Waals surface area (Å²) in [5.41, 5.74) is 6.09. The van der Waals surface area contributed by atoms with E-state index in [1.807, 2.05) is 18.2 Å². The lowest BCUT2D eigenvalue weighted by molar-refractivity contribution is -0.153. The maximum absolute atomic E-state index is 12.3. The quantitative estimate of drug-likeness (QED) is 0.541. The van der Waals surface area contributed by atoms with E-state index in [1.54, 1.807) is 24.3 Å². The van der Waals surface area contributed by atoms with Crippen LogP contribution in [0.5, 0.6) is 11.5 Å². The minimum Gasteiger partial charge on any atom is -0.493 e. The predicted molar refractivity (Wildman–Crippen MR) is 110 cm³/mol. The van der Waals surface area contributed by atoms with E-state index in [9.17, 15) is 22.8 Å². The zero-order chi connectivity index (χ0) is 23.1. The van der Waals surface area contributed by atoms with Crippen molar-refractivity contribution in [2.45, 2.75) is 19.0 Å². The van der Waals surface area contributed by atoms with Crippen LogP contribution in [0, 0.1) is 0 Å². The van der Waals surface area contributed by atoms with Gasteiger partial charge in [-0.25, -0.2) is 4.98 Å². The molecule has 0 bridgehead atoms. The molecule has 2 amide bonds. The van der Waals surface area contributed by atoms with E-state index in [0.717, 1.165) is 5.39 Å². The van der Waals surface area contributed by atoms with E-state index in [4.69, 9.17) is 9.47 Å². The number of alkyl halides is 3. The molecule has 0 unspecified atom stereocenters. The van der Waals surface area contributed by atoms with Crippen LogP contribution >= 0.6 is 0 Å². The van der Waals surface area contributed by atoms with Gasteiger partial charge in [0.25, 0.3) is 5.91 Å². The number of amides is 2. The molecule has 0 fully saturated rings. The van der Waals surface area contributed by atoms with Crippen LogP contribution in [0.15, 0.2) is 54.6 Å². The van der Waals surface area contributed by atoms with Gasteiger partial charge in [-0.05, 0) is 36.2 Å². The molecule has 2 N–H and O–H groups in total. The summed E-state index contributed by atoms with van der Waals surface area (Å²) in [7, 11) is 1.31. The van der Waals surface area contributed by atoms with Crippen LogP contribution in [0.1, 0.15) is 22.5 Å². The van der Waals surface area contributed by atoms with E-state index in [2.05, 4.69) is 15.8 Å². The summed E-state index contributed by atoms with van der Waals surface area (Å²) in [4.78, 5) is 28.5. The molecular weight excluding hydrogens is 427 g/mol. The predicted octanol–water partition coefficient (Wildman–Crippen LogP) is 3.58. The molecule has 168 valence electrons. The summed E-state index contributed by atoms with van der Waals surface area (Å²) in [6.45, 7) is -1.43. The number of ether oxygens (including phenoxy) is 2. The summed E-state index contributed by atoms with van der Waals surface area (Å²) < 4.78 is 46.8. The Hall–Kier alpha value is -3.82. The number of rotatable bonds is 7. The highest BCUT2D eigenvalue weighted by Gasteiger charge is 2.29. The number of aromatic nitrogens is 1. The van der Waals surface area contributed by atoms with Crippen molar-refractivity contribution < 1.29 is 32.2 Å². The third-order valence-electron chi connectivity index (χ3n) is 4.41. The molecule has 7 nitrogen and oxygen atoms in total. The molecule has 2 aromatic carbocycles. The summed E-state index contributed by atoms with van der Waals surface area (Å²) in [6, 6.07) is 15.0. The monoisotopic (exact) mass is 447 g/mol. The maximum Gasteiger partial charge on any atom is 0.422 e. The van der Waals surface area contributed by atoms with Gasteiger partial charge in [0, 0.05) is 11.8 Å². The average Bonchev–Trinajstić information content (AvgIpc) is 2.79. The van der Waals surface area contributed by atoms with Crippen LogP contribution in [0.2, 0.25) is 0 Å². The second-order valence-electron chi connectivity index (χ2n) is 6.78. The van der Waals surface area contributed by atoms with Crippen LogP contribution in [-0.4, -0.2) is 36.7 Å². The van der Waals surface area contributed by atoms with Gasteiger partial charge in [0.2, 0.25) is 5.91 Å². The second kappa shape index (κ2) is 9.99. The Labute approximate surface area is 181 Å². The molecule has 3 rings (SSSR count). The van der Waals surface area contributed by atoms with Gasteiger partial charge in [0.05, 0.1) is 12.6 Å². The fraction of sp³-hybridized carbons (Fsp3) is 0.227. The Morgan fingerprint density at radius 2 is 1.78 bits per heavy atom. The number of carbonyl (C=O) groups is 2. The van der Waals surface area contributed by atoms with Crippen LogP contribution in [0.3, 0.4) is 0 Å². The number of carbonyl (C=O) groups excluding carboxylic acids is 2. The van der Waals surface area contributed by atoms with E-state index in [0.29, 0.717) is 11.1 Å². The molecule has 1 heterocycles. The maximum atomic E-state index is 12.3. The second-order valence-corrected chi connectivity index (χ2v) is 6.78. The molecule has 0 atom stereocenters. The van der Waals surface area contributed by atoms with E-state index in [-0.39, 0.29) is 30.0 Å². The zero-order valence-corrected chi connectivity index (χ0v) is 17.0. The van der Waals surface area contributed by atoms with E-state index in [1.165, 1.54) is 19.2 Å². The van der Waals surface area contributed by atoms with Gasteiger partial charge >= 0.3 is 6.18 Å². The molecule has 0 radical (unpaired) electrons. The molecule has 10 heteroatoms. The van der Waals surface area contributed by atoms with Gasteiger partial charge < -0.3 is 9.47 Å². The van der Waals surface area contributed by atoms with Gasteiger partial charge in [-0.2, -0.15) is 13.2 Å². The first-order valence-corrected chi connectivity index (χ1v) is 9.56. The number of para-hydroxylation sites is 1. The third kappa shape index (κ3) is 6.34. The highest BCUT2D eigenvalue weighted by molar-refractivity contribution is 5.95. The van der Waals surface area contributed by atoms with Crippen molar-refractivity contribution >= 4 is 22.7 Å². The number of pyridine rings is 1. The van der Waals surface area contributed by atoms with Crippen LogP contribution < -0.4 is 20.3 Å². The summed E-state index contributed by atoms with van der Waals surface area (Å²) in [5.74, 6) is -0.927. The van der Waals surface area contributed by atoms with Crippen LogP contribution in [-0.2, 0) is 11.2 Å². The number of hydrazine groups is 1. The molecule has 0 aliphatic rings. The summed E-state index contributed by atoms with van der Waals surface area (Å²) in [5, 5.41) is 0.887. The lowest BCUT2D eigenvalue weighted by Gasteiger charge is -2.13. The number of nitrogens with one attached hydrogen (secondary N) is 2. The van der Waals surface area contributed by atoms with Crippen molar-refractivity contribution in [3.05, 3.63) is 65.9 Å². The normalized spacial score (nSPS) is 11.1. The molecule has 0 aliphatic carbocycles. The van der Waals surface area contributed by atoms with Gasteiger partial charge in [-0.15, -0.1) is 0 Å². The highest BCUT2D eigenvalue weighted by atomic mass is 19.4. The molecule has 32 heavy (non-hydrogen) atoms. The molecule has 0 saturated carbocycles. The minimum atomic E-state index is -4.46. The van der Waals surface area contributed by atoms with Gasteiger partial charge in [0.15, 0.2) is 18.1 Å². The Kier molecular flexibility index (Phi) is 7.14. The number of nitrogens with zero attached hydrogens (tertiary/aromatic N) is 1. The Bertz CT molecular complexity index is 1120. The van der Waals surface area contributed by atoms with Crippen molar-refractivity contribution in [1.82, 2.24) is 15.8 Å². The third-order valence-corrected chi connectivity index (χ3v) is 4.41. The lowest BCUT2D eigenvalue weighted by Crippen LogP contribution is -2.42. The lowest BCUT2D eigenvalue weighted by atomic mass is 10.1. The van der Waals surface area contributed by atoms with Crippen molar-refractivity contribution in [3.63, 3.8) is 0 Å². The number of aryl methyl sites for hydroxylation is 1. The Morgan fingerprint density at radius 1 is 1.00 bits per heavy atom. The Balaban J connectivity index is 1.51. The molecule has 0 aliphatic heterocycles. The largest absolute Gasteiger partial charge is 0.493 e. The first-order chi connectivity index (χ1) is 15.2. The van der Waals surface area contributed by atoms with Gasteiger partial charge in [-0.3, -0.25) is 20.4 Å². The number of halogens is 3. The molecule has 1 aromatic heterocycles. The number of hydrogen-bond acceptors (Lipinski definition) is 5.